The molecule has 9 rings (SSSR count). The normalized spacial score (nSPS) is 31.2. The van der Waals surface area contributed by atoms with Gasteiger partial charge in [-0.2, -0.15) is 0 Å². The van der Waals surface area contributed by atoms with Gasteiger partial charge in [0, 0.05) is 42.7 Å². The van der Waals surface area contributed by atoms with Crippen LogP contribution in [0, 0.1) is 23.7 Å². The maximum atomic E-state index is 13.1. The van der Waals surface area contributed by atoms with E-state index < -0.39 is 6.29 Å². The van der Waals surface area contributed by atoms with Gasteiger partial charge in [-0.15, -0.1) is 6.58 Å². The standard InChI is InChI=1S/C45H57N3O4/c1-3-19-48(40-9-4-5-10-40)28-41-30(2)42(37-13-11-31(29-49)12-14-37)52-43(51-41)38-17-15-36(16-18-38)39-8-6-7-32(23-39)27-46-44(50)47-45-24-33-20-34(25-45)22-35(21-33)26-45/h3,6-8,11-18,23,30,33-35,40-43,49H,1,4-5,9-10,19-22,24-29H2,2H3,(H2,46,47,50)/t30-,33?,34?,35?,41+,42+,43+,45?/m0/s1. The molecular weight excluding hydrogens is 647 g/mol. The molecule has 0 aromatic heterocycles. The van der Waals surface area contributed by atoms with E-state index in [1.54, 1.807) is 0 Å². The lowest BCUT2D eigenvalue weighted by atomic mass is 9.53. The van der Waals surface area contributed by atoms with Crippen molar-refractivity contribution < 1.29 is 19.4 Å². The number of carbonyl (C=O) groups excluding carboxylic acids is 1. The number of amides is 2. The van der Waals surface area contributed by atoms with Gasteiger partial charge in [0.1, 0.15) is 0 Å². The van der Waals surface area contributed by atoms with Gasteiger partial charge < -0.3 is 25.2 Å². The Morgan fingerprint density at radius 3 is 2.21 bits per heavy atom. The van der Waals surface area contributed by atoms with E-state index in [1.165, 1.54) is 44.9 Å². The van der Waals surface area contributed by atoms with E-state index in [9.17, 15) is 9.90 Å². The van der Waals surface area contributed by atoms with Crippen LogP contribution in [0.5, 0.6) is 0 Å². The summed E-state index contributed by atoms with van der Waals surface area (Å²) < 4.78 is 13.6. The summed E-state index contributed by atoms with van der Waals surface area (Å²) in [4.78, 5) is 15.7. The lowest BCUT2D eigenvalue weighted by Gasteiger charge is -2.56. The molecule has 7 heteroatoms. The molecule has 2 amide bonds. The molecule has 0 unspecified atom stereocenters. The van der Waals surface area contributed by atoms with Gasteiger partial charge in [-0.25, -0.2) is 4.79 Å². The average Bonchev–Trinajstić information content (AvgIpc) is 3.69. The van der Waals surface area contributed by atoms with Crippen LogP contribution < -0.4 is 10.6 Å². The fourth-order valence-corrected chi connectivity index (χ4v) is 10.8. The van der Waals surface area contributed by atoms with Crippen LogP contribution in [-0.4, -0.2) is 46.8 Å². The molecule has 52 heavy (non-hydrogen) atoms. The van der Waals surface area contributed by atoms with E-state index in [-0.39, 0.29) is 36.3 Å². The Morgan fingerprint density at radius 1 is 0.885 bits per heavy atom. The fraction of sp³-hybridized carbons (Fsp3) is 0.533. The molecule has 4 atom stereocenters. The number of nitrogens with zero attached hydrogens (tertiary/aromatic N) is 1. The van der Waals surface area contributed by atoms with Crippen LogP contribution in [0.15, 0.2) is 85.5 Å². The Morgan fingerprint density at radius 2 is 1.56 bits per heavy atom. The Labute approximate surface area is 310 Å². The summed E-state index contributed by atoms with van der Waals surface area (Å²) in [5.41, 5.74) is 6.31. The quantitative estimate of drug-likeness (QED) is 0.164. The summed E-state index contributed by atoms with van der Waals surface area (Å²) in [6.45, 7) is 8.52. The van der Waals surface area contributed by atoms with Crippen molar-refractivity contribution in [2.24, 2.45) is 23.7 Å². The van der Waals surface area contributed by atoms with Crippen molar-refractivity contribution in [1.82, 2.24) is 15.5 Å². The first-order valence-electron chi connectivity index (χ1n) is 20.0. The highest BCUT2D eigenvalue weighted by Crippen LogP contribution is 2.55. The first-order chi connectivity index (χ1) is 25.4. The first-order valence-corrected chi connectivity index (χ1v) is 20.0. The zero-order chi connectivity index (χ0) is 35.7. The predicted molar refractivity (Wildman–Crippen MR) is 205 cm³/mol. The highest BCUT2D eigenvalue weighted by molar-refractivity contribution is 5.75. The molecule has 1 aliphatic heterocycles. The van der Waals surface area contributed by atoms with Gasteiger partial charge in [0.2, 0.25) is 0 Å². The molecule has 0 spiro atoms. The number of hydrogen-bond donors (Lipinski definition) is 3. The summed E-state index contributed by atoms with van der Waals surface area (Å²) in [6, 6.07) is 25.7. The van der Waals surface area contributed by atoms with Crippen molar-refractivity contribution in [1.29, 1.82) is 0 Å². The van der Waals surface area contributed by atoms with Crippen LogP contribution in [0.3, 0.4) is 0 Å². The SMILES string of the molecule is C=CCN(C[C@H]1O[C@@H](c2ccc(-c3cccc(CNC(=O)NC45CC6CC(CC(C6)C4)C5)c3)cc2)O[C@@H](c2ccc(CO)cc2)[C@H]1C)C1CCCC1. The molecule has 1 saturated heterocycles. The molecule has 3 N–H and O–H groups in total. The zero-order valence-corrected chi connectivity index (χ0v) is 30.9. The second-order valence-corrected chi connectivity index (χ2v) is 16.8. The average molecular weight is 704 g/mol. The van der Waals surface area contributed by atoms with E-state index in [0.717, 1.165) is 83.5 Å². The van der Waals surface area contributed by atoms with E-state index in [1.807, 2.05) is 18.2 Å². The zero-order valence-electron chi connectivity index (χ0n) is 30.9. The molecule has 3 aromatic rings. The van der Waals surface area contributed by atoms with Crippen molar-refractivity contribution in [3.8, 4) is 11.1 Å². The van der Waals surface area contributed by atoms with Crippen LogP contribution in [-0.2, 0) is 22.6 Å². The van der Waals surface area contributed by atoms with Crippen LogP contribution >= 0.6 is 0 Å². The van der Waals surface area contributed by atoms with E-state index in [4.69, 9.17) is 9.47 Å². The number of nitrogens with one attached hydrogen (secondary N) is 2. The summed E-state index contributed by atoms with van der Waals surface area (Å²) in [6.07, 6.45) is 13.9. The summed E-state index contributed by atoms with van der Waals surface area (Å²) in [7, 11) is 0. The highest BCUT2D eigenvalue weighted by atomic mass is 16.7. The maximum absolute atomic E-state index is 13.1. The van der Waals surface area contributed by atoms with Crippen LogP contribution in [0.25, 0.3) is 11.1 Å². The highest BCUT2D eigenvalue weighted by Gasteiger charge is 2.51. The van der Waals surface area contributed by atoms with Crippen LogP contribution in [0.2, 0.25) is 0 Å². The third-order valence-corrected chi connectivity index (χ3v) is 13.1. The van der Waals surface area contributed by atoms with E-state index in [0.29, 0.717) is 12.6 Å². The molecule has 276 valence electrons. The minimum Gasteiger partial charge on any atom is -0.392 e. The van der Waals surface area contributed by atoms with Crippen LogP contribution in [0.4, 0.5) is 4.79 Å². The van der Waals surface area contributed by atoms with Crippen molar-refractivity contribution in [3.63, 3.8) is 0 Å². The number of rotatable bonds is 12. The summed E-state index contributed by atoms with van der Waals surface area (Å²) >= 11 is 0. The minimum atomic E-state index is -0.505. The fourth-order valence-electron chi connectivity index (χ4n) is 10.8. The topological polar surface area (TPSA) is 83.1 Å². The molecule has 0 radical (unpaired) electrons. The molecule has 6 aliphatic rings. The number of ether oxygens (including phenoxy) is 2. The smallest absolute Gasteiger partial charge is 0.315 e. The van der Waals surface area contributed by atoms with Gasteiger partial charge in [0.25, 0.3) is 0 Å². The van der Waals surface area contributed by atoms with E-state index in [2.05, 4.69) is 89.7 Å². The molecular formula is C45H57N3O4. The number of hydrogen-bond acceptors (Lipinski definition) is 5. The monoisotopic (exact) mass is 703 g/mol. The third-order valence-electron chi connectivity index (χ3n) is 13.1. The number of aliphatic hydroxyl groups is 1. The molecule has 3 aromatic carbocycles. The number of carbonyl (C=O) groups is 1. The van der Waals surface area contributed by atoms with Gasteiger partial charge in [0.05, 0.1) is 18.8 Å². The number of urea groups is 1. The van der Waals surface area contributed by atoms with Gasteiger partial charge >= 0.3 is 6.03 Å². The van der Waals surface area contributed by atoms with Gasteiger partial charge in [-0.1, -0.05) is 92.6 Å². The number of aliphatic hydroxyl groups excluding tert-OH is 1. The Balaban J connectivity index is 0.947. The molecule has 6 fully saturated rings. The second kappa shape index (κ2) is 15.5. The summed E-state index contributed by atoms with van der Waals surface area (Å²) in [5.74, 6) is 2.54. The first kappa shape index (κ1) is 35.5. The molecule has 5 saturated carbocycles. The Kier molecular flexibility index (Phi) is 10.6. The predicted octanol–water partition coefficient (Wildman–Crippen LogP) is 8.84. The molecule has 5 aliphatic carbocycles. The minimum absolute atomic E-state index is 0.0116. The van der Waals surface area contributed by atoms with Gasteiger partial charge in [-0.3, -0.25) is 4.90 Å². The van der Waals surface area contributed by atoms with Crippen molar-refractivity contribution in [3.05, 3.63) is 108 Å². The largest absolute Gasteiger partial charge is 0.392 e. The summed E-state index contributed by atoms with van der Waals surface area (Å²) in [5, 5.41) is 16.3. The van der Waals surface area contributed by atoms with Crippen LogP contribution in [0.1, 0.15) is 106 Å². The lowest BCUT2D eigenvalue weighted by molar-refractivity contribution is -0.276. The molecule has 7 nitrogen and oxygen atoms in total. The van der Waals surface area contributed by atoms with Crippen molar-refractivity contribution in [2.45, 2.75) is 114 Å². The maximum Gasteiger partial charge on any atom is 0.315 e. The molecule has 1 heterocycles. The van der Waals surface area contributed by atoms with E-state index >= 15 is 0 Å². The Hall–Kier alpha value is -3.49. The third kappa shape index (κ3) is 7.75. The van der Waals surface area contributed by atoms with Crippen molar-refractivity contribution >= 4 is 6.03 Å². The lowest BCUT2D eigenvalue weighted by Crippen LogP contribution is -2.61. The molecule has 4 bridgehead atoms. The number of benzene rings is 3. The Bertz CT molecular complexity index is 1650. The second-order valence-electron chi connectivity index (χ2n) is 16.8. The van der Waals surface area contributed by atoms with Gasteiger partial charge in [0.15, 0.2) is 6.29 Å². The van der Waals surface area contributed by atoms with Gasteiger partial charge in [-0.05, 0) is 103 Å². The van der Waals surface area contributed by atoms with Crippen molar-refractivity contribution in [2.75, 3.05) is 13.1 Å².